The molecule has 5 fully saturated rings. The highest BCUT2D eigenvalue weighted by Gasteiger charge is 2.64. The molecule has 1 saturated heterocycles. The Labute approximate surface area is 186 Å². The molecule has 6 nitrogen and oxygen atoms in total. The van der Waals surface area contributed by atoms with Crippen molar-refractivity contribution in [2.45, 2.75) is 44.5 Å². The van der Waals surface area contributed by atoms with Crippen LogP contribution in [0.5, 0.6) is 5.75 Å². The van der Waals surface area contributed by atoms with E-state index in [1.807, 2.05) is 30.3 Å². The van der Waals surface area contributed by atoms with Crippen LogP contribution in [0.2, 0.25) is 0 Å². The van der Waals surface area contributed by atoms with Crippen LogP contribution in [0.3, 0.4) is 0 Å². The van der Waals surface area contributed by atoms with Crippen LogP contribution in [-0.4, -0.2) is 23.4 Å². The Kier molecular flexibility index (Phi) is 4.56. The van der Waals surface area contributed by atoms with Crippen molar-refractivity contribution in [3.63, 3.8) is 0 Å². The van der Waals surface area contributed by atoms with Crippen molar-refractivity contribution in [1.82, 2.24) is 0 Å². The number of carbonyl (C=O) groups is 2. The molecule has 0 atom stereocenters. The maximum absolute atomic E-state index is 12.9. The minimum atomic E-state index is -1.07. The van der Waals surface area contributed by atoms with Gasteiger partial charge in [-0.1, -0.05) is 30.3 Å². The van der Waals surface area contributed by atoms with E-state index in [0.717, 1.165) is 31.2 Å². The molecule has 1 heterocycles. The second-order valence-electron chi connectivity index (χ2n) is 9.53. The normalized spacial score (nSPS) is 32.6. The fraction of sp³-hybridized carbons (Fsp3) is 0.423. The SMILES string of the molecule is O=C1OC2(OC(=O)C1=Nc1ccc(OCc3ccccc3)cc1)C1CC3CC(C1)CC2C3. The van der Waals surface area contributed by atoms with Crippen LogP contribution >= 0.6 is 0 Å². The first-order valence-electron chi connectivity index (χ1n) is 11.4. The van der Waals surface area contributed by atoms with Gasteiger partial charge in [-0.3, -0.25) is 0 Å². The zero-order valence-electron chi connectivity index (χ0n) is 17.7. The molecule has 32 heavy (non-hydrogen) atoms. The molecule has 164 valence electrons. The number of ether oxygens (including phenoxy) is 3. The second kappa shape index (κ2) is 7.47. The average molecular weight is 431 g/mol. The van der Waals surface area contributed by atoms with E-state index in [1.54, 1.807) is 24.3 Å². The highest BCUT2D eigenvalue weighted by molar-refractivity contribution is 6.63. The van der Waals surface area contributed by atoms with E-state index in [2.05, 4.69) is 4.99 Å². The third kappa shape index (κ3) is 3.29. The predicted octanol–water partition coefficient (Wildman–Crippen LogP) is 4.59. The van der Waals surface area contributed by atoms with E-state index in [0.29, 0.717) is 29.9 Å². The van der Waals surface area contributed by atoms with E-state index in [-0.39, 0.29) is 17.5 Å². The van der Waals surface area contributed by atoms with Crippen molar-refractivity contribution in [3.8, 4) is 5.75 Å². The van der Waals surface area contributed by atoms with E-state index in [1.165, 1.54) is 6.42 Å². The number of rotatable bonds is 4. The summed E-state index contributed by atoms with van der Waals surface area (Å²) in [5.41, 5.74) is 1.26. The molecule has 1 aliphatic heterocycles. The predicted molar refractivity (Wildman–Crippen MR) is 116 cm³/mol. The van der Waals surface area contributed by atoms with Gasteiger partial charge in [-0.25, -0.2) is 14.6 Å². The minimum absolute atomic E-state index is 0.120. The smallest absolute Gasteiger partial charge is 0.367 e. The molecule has 5 aliphatic rings. The lowest BCUT2D eigenvalue weighted by atomic mass is 9.53. The van der Waals surface area contributed by atoms with Crippen molar-refractivity contribution in [2.24, 2.45) is 28.7 Å². The molecule has 6 heteroatoms. The summed E-state index contributed by atoms with van der Waals surface area (Å²) in [6, 6.07) is 16.8. The molecule has 0 aromatic heterocycles. The molecule has 0 amide bonds. The molecule has 2 aromatic rings. The quantitative estimate of drug-likeness (QED) is 0.662. The van der Waals surface area contributed by atoms with Gasteiger partial charge in [0.2, 0.25) is 5.71 Å². The first kappa shape index (κ1) is 19.5. The summed E-state index contributed by atoms with van der Waals surface area (Å²) in [5, 5.41) is 0. The second-order valence-corrected chi connectivity index (χ2v) is 9.53. The van der Waals surface area contributed by atoms with Crippen molar-refractivity contribution in [1.29, 1.82) is 0 Å². The average Bonchev–Trinajstić information content (AvgIpc) is 2.80. The molecule has 1 spiro atoms. The third-order valence-electron chi connectivity index (χ3n) is 7.49. The van der Waals surface area contributed by atoms with Crippen LogP contribution in [0.25, 0.3) is 0 Å². The number of benzene rings is 2. The summed E-state index contributed by atoms with van der Waals surface area (Å²) >= 11 is 0. The van der Waals surface area contributed by atoms with Gasteiger partial charge >= 0.3 is 11.9 Å². The summed E-state index contributed by atoms with van der Waals surface area (Å²) in [7, 11) is 0. The van der Waals surface area contributed by atoms with Crippen LogP contribution in [0.15, 0.2) is 59.6 Å². The fourth-order valence-electron chi connectivity index (χ4n) is 6.24. The van der Waals surface area contributed by atoms with Crippen LogP contribution < -0.4 is 4.74 Å². The standard InChI is InChI=1S/C26H25NO5/c28-24-23(27-21-6-8-22(9-7-21)30-15-16-4-2-1-3-5-16)25(29)32-26(31-24)19-11-17-10-18(13-19)14-20(26)12-17/h1-9,17-20H,10-15H2. The summed E-state index contributed by atoms with van der Waals surface area (Å²) in [4.78, 5) is 30.0. The monoisotopic (exact) mass is 431 g/mol. The van der Waals surface area contributed by atoms with Gasteiger partial charge in [-0.15, -0.1) is 0 Å². The summed E-state index contributed by atoms with van der Waals surface area (Å²) in [5.74, 6) is -0.134. The molecule has 4 aliphatic carbocycles. The summed E-state index contributed by atoms with van der Waals surface area (Å²) in [6.07, 6.45) is 5.17. The van der Waals surface area contributed by atoms with E-state index >= 15 is 0 Å². The van der Waals surface area contributed by atoms with Gasteiger partial charge in [-0.05, 0) is 73.8 Å². The van der Waals surface area contributed by atoms with Crippen LogP contribution in [0.1, 0.15) is 37.7 Å². The Morgan fingerprint density at radius 2 is 1.41 bits per heavy atom. The van der Waals surface area contributed by atoms with Gasteiger partial charge in [0.25, 0.3) is 5.79 Å². The van der Waals surface area contributed by atoms with Crippen molar-refractivity contribution < 1.29 is 23.8 Å². The lowest BCUT2D eigenvalue weighted by molar-refractivity contribution is -0.308. The largest absolute Gasteiger partial charge is 0.489 e. The first-order chi connectivity index (χ1) is 15.6. The fourth-order valence-corrected chi connectivity index (χ4v) is 6.24. The molecular formula is C26H25NO5. The lowest BCUT2D eigenvalue weighted by Gasteiger charge is -2.59. The number of hydrogen-bond acceptors (Lipinski definition) is 6. The minimum Gasteiger partial charge on any atom is -0.489 e. The first-order valence-corrected chi connectivity index (χ1v) is 11.4. The van der Waals surface area contributed by atoms with E-state index in [4.69, 9.17) is 14.2 Å². The van der Waals surface area contributed by atoms with E-state index < -0.39 is 17.7 Å². The zero-order chi connectivity index (χ0) is 21.7. The van der Waals surface area contributed by atoms with Gasteiger partial charge in [0.15, 0.2) is 0 Å². The van der Waals surface area contributed by atoms with Gasteiger partial charge in [-0.2, -0.15) is 0 Å². The van der Waals surface area contributed by atoms with Gasteiger partial charge in [0.05, 0.1) is 5.69 Å². The highest BCUT2D eigenvalue weighted by Crippen LogP contribution is 2.60. The summed E-state index contributed by atoms with van der Waals surface area (Å²) < 4.78 is 17.5. The van der Waals surface area contributed by atoms with Crippen LogP contribution in [0, 0.1) is 23.7 Å². The Balaban J connectivity index is 1.16. The number of nitrogens with zero attached hydrogens (tertiary/aromatic N) is 1. The molecule has 0 N–H and O–H groups in total. The lowest BCUT2D eigenvalue weighted by Crippen LogP contribution is -2.65. The maximum atomic E-state index is 12.9. The van der Waals surface area contributed by atoms with Gasteiger partial charge in [0, 0.05) is 11.8 Å². The molecule has 0 radical (unpaired) electrons. The third-order valence-corrected chi connectivity index (χ3v) is 7.49. The number of esters is 2. The van der Waals surface area contributed by atoms with Crippen LogP contribution in [-0.2, 0) is 25.7 Å². The Hall–Kier alpha value is -3.15. The number of carbonyl (C=O) groups excluding carboxylic acids is 2. The topological polar surface area (TPSA) is 74.2 Å². The van der Waals surface area contributed by atoms with Crippen molar-refractivity contribution in [3.05, 3.63) is 60.2 Å². The van der Waals surface area contributed by atoms with Gasteiger partial charge < -0.3 is 14.2 Å². The Morgan fingerprint density at radius 1 is 0.812 bits per heavy atom. The number of aliphatic imine (C=N–C) groups is 1. The summed E-state index contributed by atoms with van der Waals surface area (Å²) in [6.45, 7) is 0.458. The van der Waals surface area contributed by atoms with Crippen molar-refractivity contribution in [2.75, 3.05) is 0 Å². The molecule has 4 bridgehead atoms. The Morgan fingerprint density at radius 3 is 2.00 bits per heavy atom. The molecule has 2 aromatic carbocycles. The zero-order valence-corrected chi connectivity index (χ0v) is 17.7. The van der Waals surface area contributed by atoms with Crippen molar-refractivity contribution >= 4 is 23.3 Å². The molecule has 0 unspecified atom stereocenters. The van der Waals surface area contributed by atoms with E-state index in [9.17, 15) is 9.59 Å². The molecular weight excluding hydrogens is 406 g/mol. The molecule has 4 saturated carbocycles. The Bertz CT molecular complexity index is 1030. The molecule has 7 rings (SSSR count). The highest BCUT2D eigenvalue weighted by atomic mass is 16.7. The van der Waals surface area contributed by atoms with Crippen LogP contribution in [0.4, 0.5) is 5.69 Å². The maximum Gasteiger partial charge on any atom is 0.367 e. The number of hydrogen-bond donors (Lipinski definition) is 0. The van der Waals surface area contributed by atoms with Gasteiger partial charge in [0.1, 0.15) is 12.4 Å².